The Labute approximate surface area is 100 Å². The smallest absolute Gasteiger partial charge is 0.0641 e. The van der Waals surface area contributed by atoms with Gasteiger partial charge in [-0.1, -0.05) is 6.07 Å². The molecule has 0 aliphatic heterocycles. The molecular formula is C13H13ClN2. The van der Waals surface area contributed by atoms with E-state index in [1.807, 2.05) is 31.3 Å². The maximum atomic E-state index is 6.31. The van der Waals surface area contributed by atoms with Crippen LogP contribution in [0.1, 0.15) is 22.2 Å². The third kappa shape index (κ3) is 2.80. The summed E-state index contributed by atoms with van der Waals surface area (Å²) in [6.45, 7) is 2.03. The van der Waals surface area contributed by atoms with Crippen molar-refractivity contribution in [3.8, 4) is 0 Å². The van der Waals surface area contributed by atoms with E-state index in [-0.39, 0.29) is 5.38 Å². The Morgan fingerprint density at radius 3 is 2.56 bits per heavy atom. The highest BCUT2D eigenvalue weighted by Gasteiger charge is 2.08. The average Bonchev–Trinajstić information content (AvgIpc) is 2.33. The van der Waals surface area contributed by atoms with Crippen molar-refractivity contribution in [1.29, 1.82) is 0 Å². The molecule has 2 aromatic heterocycles. The first-order valence-corrected chi connectivity index (χ1v) is 5.65. The second kappa shape index (κ2) is 5.08. The molecule has 0 bridgehead atoms. The first kappa shape index (κ1) is 11.1. The normalized spacial score (nSPS) is 12.4. The van der Waals surface area contributed by atoms with Gasteiger partial charge in [0, 0.05) is 30.7 Å². The van der Waals surface area contributed by atoms with Crippen molar-refractivity contribution in [2.45, 2.75) is 18.7 Å². The van der Waals surface area contributed by atoms with E-state index in [2.05, 4.69) is 16.0 Å². The molecule has 0 spiro atoms. The summed E-state index contributed by atoms with van der Waals surface area (Å²) in [4.78, 5) is 8.32. The van der Waals surface area contributed by atoms with Crippen molar-refractivity contribution < 1.29 is 0 Å². The van der Waals surface area contributed by atoms with Crippen LogP contribution < -0.4 is 0 Å². The van der Waals surface area contributed by atoms with E-state index in [0.29, 0.717) is 0 Å². The maximum Gasteiger partial charge on any atom is 0.0641 e. The lowest BCUT2D eigenvalue weighted by Crippen LogP contribution is -1.98. The molecule has 3 heteroatoms. The molecule has 0 radical (unpaired) electrons. The average molecular weight is 233 g/mol. The van der Waals surface area contributed by atoms with Crippen molar-refractivity contribution in [3.05, 3.63) is 59.7 Å². The summed E-state index contributed by atoms with van der Waals surface area (Å²) in [6, 6.07) is 7.95. The molecule has 1 unspecified atom stereocenters. The third-order valence-electron chi connectivity index (χ3n) is 2.43. The summed E-state index contributed by atoms with van der Waals surface area (Å²) in [5, 5.41) is -0.0433. The Morgan fingerprint density at radius 1 is 1.19 bits per heavy atom. The predicted octanol–water partition coefficient (Wildman–Crippen LogP) is 3.31. The van der Waals surface area contributed by atoms with Crippen LogP contribution in [0, 0.1) is 6.92 Å². The van der Waals surface area contributed by atoms with E-state index in [1.54, 1.807) is 12.4 Å². The standard InChI is InChI=1S/C13H13ClN2/c1-10-2-3-12(16-9-10)8-13(14)11-4-6-15-7-5-11/h2-7,9,13H,8H2,1H3. The van der Waals surface area contributed by atoms with E-state index >= 15 is 0 Å². The van der Waals surface area contributed by atoms with Crippen LogP contribution in [-0.2, 0) is 6.42 Å². The van der Waals surface area contributed by atoms with E-state index in [1.165, 1.54) is 5.56 Å². The Bertz CT molecular complexity index is 439. The van der Waals surface area contributed by atoms with E-state index in [0.717, 1.165) is 17.7 Å². The van der Waals surface area contributed by atoms with Crippen molar-refractivity contribution in [3.63, 3.8) is 0 Å². The van der Waals surface area contributed by atoms with Gasteiger partial charge in [0.05, 0.1) is 5.38 Å². The van der Waals surface area contributed by atoms with Gasteiger partial charge in [-0.3, -0.25) is 9.97 Å². The Kier molecular flexibility index (Phi) is 3.52. The van der Waals surface area contributed by atoms with Crippen molar-refractivity contribution >= 4 is 11.6 Å². The largest absolute Gasteiger partial charge is 0.265 e. The second-order valence-electron chi connectivity index (χ2n) is 3.78. The lowest BCUT2D eigenvalue weighted by atomic mass is 10.1. The van der Waals surface area contributed by atoms with Crippen LogP contribution in [0.25, 0.3) is 0 Å². The Balaban J connectivity index is 2.08. The molecule has 0 saturated heterocycles. The molecule has 2 aromatic rings. The van der Waals surface area contributed by atoms with Crippen LogP contribution in [0.3, 0.4) is 0 Å². The van der Waals surface area contributed by atoms with Crippen LogP contribution in [-0.4, -0.2) is 9.97 Å². The summed E-state index contributed by atoms with van der Waals surface area (Å²) >= 11 is 6.31. The highest BCUT2D eigenvalue weighted by Crippen LogP contribution is 2.23. The summed E-state index contributed by atoms with van der Waals surface area (Å²) in [5.74, 6) is 0. The molecule has 82 valence electrons. The molecule has 16 heavy (non-hydrogen) atoms. The van der Waals surface area contributed by atoms with Gasteiger partial charge in [0.25, 0.3) is 0 Å². The summed E-state index contributed by atoms with van der Waals surface area (Å²) in [7, 11) is 0. The number of aryl methyl sites for hydroxylation is 1. The second-order valence-corrected chi connectivity index (χ2v) is 4.31. The highest BCUT2D eigenvalue weighted by molar-refractivity contribution is 6.20. The summed E-state index contributed by atoms with van der Waals surface area (Å²) in [6.07, 6.45) is 6.12. The van der Waals surface area contributed by atoms with Gasteiger partial charge in [0.2, 0.25) is 0 Å². The zero-order valence-corrected chi connectivity index (χ0v) is 9.85. The van der Waals surface area contributed by atoms with Gasteiger partial charge in [0.15, 0.2) is 0 Å². The van der Waals surface area contributed by atoms with Crippen molar-refractivity contribution in [2.24, 2.45) is 0 Å². The minimum Gasteiger partial charge on any atom is -0.265 e. The molecule has 0 aliphatic carbocycles. The first-order valence-electron chi connectivity index (χ1n) is 5.21. The molecule has 0 N–H and O–H groups in total. The molecule has 2 rings (SSSR count). The van der Waals surface area contributed by atoms with E-state index in [9.17, 15) is 0 Å². The molecular weight excluding hydrogens is 220 g/mol. The maximum absolute atomic E-state index is 6.31. The number of hydrogen-bond acceptors (Lipinski definition) is 2. The van der Waals surface area contributed by atoms with Gasteiger partial charge < -0.3 is 0 Å². The minimum absolute atomic E-state index is 0.0433. The van der Waals surface area contributed by atoms with Gasteiger partial charge in [-0.2, -0.15) is 0 Å². The number of nitrogens with zero attached hydrogens (tertiary/aromatic N) is 2. The zero-order valence-electron chi connectivity index (χ0n) is 9.10. The number of pyridine rings is 2. The van der Waals surface area contributed by atoms with Crippen LogP contribution >= 0.6 is 11.6 Å². The first-order chi connectivity index (χ1) is 7.75. The Hall–Kier alpha value is -1.41. The highest BCUT2D eigenvalue weighted by atomic mass is 35.5. The summed E-state index contributed by atoms with van der Waals surface area (Å²) < 4.78 is 0. The quantitative estimate of drug-likeness (QED) is 0.759. The fourth-order valence-electron chi connectivity index (χ4n) is 1.49. The minimum atomic E-state index is -0.0433. The topological polar surface area (TPSA) is 25.8 Å². The van der Waals surface area contributed by atoms with Crippen LogP contribution in [0.5, 0.6) is 0 Å². The SMILES string of the molecule is Cc1ccc(CC(Cl)c2ccncc2)nc1. The van der Waals surface area contributed by atoms with E-state index in [4.69, 9.17) is 11.6 Å². The van der Waals surface area contributed by atoms with Gasteiger partial charge in [-0.25, -0.2) is 0 Å². The molecule has 0 amide bonds. The summed E-state index contributed by atoms with van der Waals surface area (Å²) in [5.41, 5.74) is 3.26. The van der Waals surface area contributed by atoms with E-state index < -0.39 is 0 Å². The van der Waals surface area contributed by atoms with Crippen molar-refractivity contribution in [1.82, 2.24) is 9.97 Å². The zero-order chi connectivity index (χ0) is 11.4. The Morgan fingerprint density at radius 2 is 1.94 bits per heavy atom. The number of halogens is 1. The number of rotatable bonds is 3. The fraction of sp³-hybridized carbons (Fsp3) is 0.231. The fourth-order valence-corrected chi connectivity index (χ4v) is 1.80. The third-order valence-corrected chi connectivity index (χ3v) is 2.84. The monoisotopic (exact) mass is 232 g/mol. The van der Waals surface area contributed by atoms with Gasteiger partial charge >= 0.3 is 0 Å². The molecule has 0 aromatic carbocycles. The van der Waals surface area contributed by atoms with Crippen LogP contribution in [0.4, 0.5) is 0 Å². The molecule has 2 heterocycles. The lowest BCUT2D eigenvalue weighted by Gasteiger charge is -2.08. The molecule has 0 fully saturated rings. The van der Waals surface area contributed by atoms with Gasteiger partial charge in [-0.05, 0) is 36.2 Å². The van der Waals surface area contributed by atoms with Crippen molar-refractivity contribution in [2.75, 3.05) is 0 Å². The van der Waals surface area contributed by atoms with Crippen LogP contribution in [0.2, 0.25) is 0 Å². The number of aromatic nitrogens is 2. The molecule has 2 nitrogen and oxygen atoms in total. The predicted molar refractivity (Wildman–Crippen MR) is 65.5 cm³/mol. The molecule has 0 aliphatic rings. The molecule has 0 saturated carbocycles. The van der Waals surface area contributed by atoms with Gasteiger partial charge in [0.1, 0.15) is 0 Å². The van der Waals surface area contributed by atoms with Crippen LogP contribution in [0.15, 0.2) is 42.9 Å². The molecule has 1 atom stereocenters. The number of hydrogen-bond donors (Lipinski definition) is 0. The number of alkyl halides is 1. The lowest BCUT2D eigenvalue weighted by molar-refractivity contribution is 0.876. The van der Waals surface area contributed by atoms with Gasteiger partial charge in [-0.15, -0.1) is 11.6 Å².